The number of hydrogen-bond acceptors (Lipinski definition) is 2. The van der Waals surface area contributed by atoms with Gasteiger partial charge in [0.1, 0.15) is 0 Å². The van der Waals surface area contributed by atoms with Crippen LogP contribution in [0, 0.1) is 11.8 Å². The highest BCUT2D eigenvalue weighted by molar-refractivity contribution is 6.30. The number of benzene rings is 2. The molecule has 0 aliphatic heterocycles. The summed E-state index contributed by atoms with van der Waals surface area (Å²) in [6.07, 6.45) is 4.64. The van der Waals surface area contributed by atoms with Crippen molar-refractivity contribution in [3.8, 4) is 0 Å². The number of rotatable bonds is 8. The van der Waals surface area contributed by atoms with Crippen molar-refractivity contribution in [2.45, 2.75) is 38.5 Å². The molecular weight excluding hydrogens is 419 g/mol. The summed E-state index contributed by atoms with van der Waals surface area (Å²) in [7, 11) is 0. The molecule has 2 aromatic carbocycles. The van der Waals surface area contributed by atoms with E-state index in [9.17, 15) is 9.59 Å². The Labute approximate surface area is 188 Å². The van der Waals surface area contributed by atoms with E-state index in [0.29, 0.717) is 23.1 Å². The highest BCUT2D eigenvalue weighted by Gasteiger charge is 2.29. The molecule has 2 aromatic rings. The average Bonchev–Trinajstić information content (AvgIpc) is 2.76. The van der Waals surface area contributed by atoms with Crippen LogP contribution in [-0.2, 0) is 22.4 Å². The minimum atomic E-state index is 0.00772. The Balaban J connectivity index is 1.32. The Morgan fingerprint density at radius 3 is 1.33 bits per heavy atom. The minimum absolute atomic E-state index is 0.00772. The molecule has 4 nitrogen and oxygen atoms in total. The van der Waals surface area contributed by atoms with E-state index in [2.05, 4.69) is 10.6 Å². The number of hydrogen-bond donors (Lipinski definition) is 2. The van der Waals surface area contributed by atoms with Gasteiger partial charge in [-0.3, -0.25) is 9.59 Å². The van der Waals surface area contributed by atoms with E-state index in [1.165, 1.54) is 0 Å². The van der Waals surface area contributed by atoms with Crippen LogP contribution in [0.3, 0.4) is 0 Å². The summed E-state index contributed by atoms with van der Waals surface area (Å²) in [5.74, 6) is 0.220. The lowest BCUT2D eigenvalue weighted by molar-refractivity contribution is -0.130. The van der Waals surface area contributed by atoms with Gasteiger partial charge < -0.3 is 10.6 Å². The van der Waals surface area contributed by atoms with Crippen molar-refractivity contribution in [1.82, 2.24) is 10.6 Å². The van der Waals surface area contributed by atoms with Gasteiger partial charge in [-0.1, -0.05) is 47.5 Å². The van der Waals surface area contributed by atoms with Crippen LogP contribution in [0.4, 0.5) is 0 Å². The number of carbonyl (C=O) groups excluding carboxylic acids is 2. The van der Waals surface area contributed by atoms with Gasteiger partial charge >= 0.3 is 0 Å². The quantitative estimate of drug-likeness (QED) is 0.610. The van der Waals surface area contributed by atoms with E-state index in [0.717, 1.165) is 49.7 Å². The fourth-order valence-corrected chi connectivity index (χ4v) is 4.12. The predicted molar refractivity (Wildman–Crippen MR) is 122 cm³/mol. The molecule has 1 aliphatic rings. The fraction of sp³-hybridized carbons (Fsp3) is 0.417. The van der Waals surface area contributed by atoms with Crippen LogP contribution in [0.5, 0.6) is 0 Å². The van der Waals surface area contributed by atoms with Crippen LogP contribution in [0.1, 0.15) is 36.8 Å². The van der Waals surface area contributed by atoms with Crippen LogP contribution in [0.25, 0.3) is 0 Å². The molecule has 160 valence electrons. The SMILES string of the molecule is O=C(NCCc1ccc(Cl)cc1)C1CCC(C(=O)NCCc2ccc(Cl)cc2)CC1. The third-order valence-electron chi connectivity index (χ3n) is 5.72. The van der Waals surface area contributed by atoms with E-state index < -0.39 is 0 Å². The lowest BCUT2D eigenvalue weighted by Crippen LogP contribution is -2.38. The Morgan fingerprint density at radius 1 is 0.667 bits per heavy atom. The summed E-state index contributed by atoms with van der Waals surface area (Å²) in [6, 6.07) is 15.4. The predicted octanol–water partition coefficient (Wildman–Crippen LogP) is 4.82. The Bertz CT molecular complexity index is 758. The first kappa shape index (κ1) is 22.6. The van der Waals surface area contributed by atoms with Gasteiger partial charge in [-0.25, -0.2) is 0 Å². The highest BCUT2D eigenvalue weighted by Crippen LogP contribution is 2.29. The van der Waals surface area contributed by atoms with Crippen LogP contribution in [-0.4, -0.2) is 24.9 Å². The van der Waals surface area contributed by atoms with Gasteiger partial charge in [0.05, 0.1) is 0 Å². The van der Waals surface area contributed by atoms with E-state index >= 15 is 0 Å². The summed E-state index contributed by atoms with van der Waals surface area (Å²) in [6.45, 7) is 1.23. The van der Waals surface area contributed by atoms with Crippen molar-refractivity contribution in [3.05, 3.63) is 69.7 Å². The monoisotopic (exact) mass is 446 g/mol. The maximum absolute atomic E-state index is 12.4. The molecular formula is C24H28Cl2N2O2. The molecule has 0 heterocycles. The summed E-state index contributed by atoms with van der Waals surface area (Å²) in [4.78, 5) is 24.9. The van der Waals surface area contributed by atoms with Gasteiger partial charge in [-0.2, -0.15) is 0 Å². The van der Waals surface area contributed by atoms with Crippen LogP contribution < -0.4 is 10.6 Å². The molecule has 3 rings (SSSR count). The zero-order valence-electron chi connectivity index (χ0n) is 17.0. The number of halogens is 2. The zero-order chi connectivity index (χ0) is 21.3. The van der Waals surface area contributed by atoms with Gasteiger partial charge in [0.25, 0.3) is 0 Å². The molecule has 1 saturated carbocycles. The number of amides is 2. The molecule has 6 heteroatoms. The molecule has 30 heavy (non-hydrogen) atoms. The minimum Gasteiger partial charge on any atom is -0.356 e. The molecule has 0 spiro atoms. The molecule has 1 aliphatic carbocycles. The summed E-state index contributed by atoms with van der Waals surface area (Å²) in [5, 5.41) is 7.50. The third kappa shape index (κ3) is 7.03. The first-order valence-corrected chi connectivity index (χ1v) is 11.3. The second-order valence-electron chi connectivity index (χ2n) is 7.88. The van der Waals surface area contributed by atoms with Crippen molar-refractivity contribution in [2.24, 2.45) is 11.8 Å². The van der Waals surface area contributed by atoms with E-state index in [1.807, 2.05) is 48.5 Å². The smallest absolute Gasteiger partial charge is 0.223 e. The van der Waals surface area contributed by atoms with Gasteiger partial charge in [-0.15, -0.1) is 0 Å². The normalized spacial score (nSPS) is 18.6. The summed E-state index contributed by atoms with van der Waals surface area (Å²) >= 11 is 11.8. The molecule has 0 saturated heterocycles. The van der Waals surface area contributed by atoms with Crippen LogP contribution in [0.2, 0.25) is 10.0 Å². The van der Waals surface area contributed by atoms with Crippen molar-refractivity contribution in [2.75, 3.05) is 13.1 Å². The number of nitrogens with one attached hydrogen (secondary N) is 2. The van der Waals surface area contributed by atoms with Crippen molar-refractivity contribution in [1.29, 1.82) is 0 Å². The molecule has 0 aromatic heterocycles. The van der Waals surface area contributed by atoms with Crippen molar-refractivity contribution in [3.63, 3.8) is 0 Å². The third-order valence-corrected chi connectivity index (χ3v) is 6.23. The molecule has 2 amide bonds. The van der Waals surface area contributed by atoms with E-state index in [-0.39, 0.29) is 23.7 Å². The Morgan fingerprint density at radius 2 is 1.00 bits per heavy atom. The van der Waals surface area contributed by atoms with Crippen LogP contribution in [0.15, 0.2) is 48.5 Å². The first-order valence-electron chi connectivity index (χ1n) is 10.6. The Hall–Kier alpha value is -2.04. The standard InChI is InChI=1S/C24H28Cl2N2O2/c25-21-9-1-17(2-10-21)13-15-27-23(29)19-5-7-20(8-6-19)24(30)28-16-14-18-3-11-22(26)12-4-18/h1-4,9-12,19-20H,5-8,13-16H2,(H,27,29)(H,28,30). The molecule has 2 N–H and O–H groups in total. The summed E-state index contributed by atoms with van der Waals surface area (Å²) in [5.41, 5.74) is 2.30. The van der Waals surface area contributed by atoms with E-state index in [4.69, 9.17) is 23.2 Å². The van der Waals surface area contributed by atoms with Gasteiger partial charge in [0.2, 0.25) is 11.8 Å². The zero-order valence-corrected chi connectivity index (χ0v) is 18.5. The largest absolute Gasteiger partial charge is 0.356 e. The fourth-order valence-electron chi connectivity index (χ4n) is 3.87. The van der Waals surface area contributed by atoms with Gasteiger partial charge in [0, 0.05) is 35.0 Å². The highest BCUT2D eigenvalue weighted by atomic mass is 35.5. The molecule has 1 fully saturated rings. The number of carbonyl (C=O) groups is 2. The van der Waals surface area contributed by atoms with Crippen molar-refractivity contribution < 1.29 is 9.59 Å². The van der Waals surface area contributed by atoms with Crippen LogP contribution >= 0.6 is 23.2 Å². The second-order valence-corrected chi connectivity index (χ2v) is 8.76. The first-order chi connectivity index (χ1) is 14.5. The lowest BCUT2D eigenvalue weighted by atomic mass is 9.81. The maximum Gasteiger partial charge on any atom is 0.223 e. The lowest BCUT2D eigenvalue weighted by Gasteiger charge is -2.27. The van der Waals surface area contributed by atoms with E-state index in [1.54, 1.807) is 0 Å². The molecule has 0 atom stereocenters. The van der Waals surface area contributed by atoms with Gasteiger partial charge in [0.15, 0.2) is 0 Å². The molecule has 0 bridgehead atoms. The average molecular weight is 447 g/mol. The van der Waals surface area contributed by atoms with Crippen molar-refractivity contribution >= 4 is 35.0 Å². The second kappa shape index (κ2) is 11.4. The molecule has 0 unspecified atom stereocenters. The Kier molecular flexibility index (Phi) is 8.59. The topological polar surface area (TPSA) is 58.2 Å². The summed E-state index contributed by atoms with van der Waals surface area (Å²) < 4.78 is 0. The van der Waals surface area contributed by atoms with Gasteiger partial charge in [-0.05, 0) is 73.9 Å². The maximum atomic E-state index is 12.4. The molecule has 0 radical (unpaired) electrons.